The van der Waals surface area contributed by atoms with Gasteiger partial charge in [0, 0.05) is 16.7 Å². The van der Waals surface area contributed by atoms with Gasteiger partial charge in [0.15, 0.2) is 0 Å². The van der Waals surface area contributed by atoms with Crippen LogP contribution in [-0.2, 0) is 0 Å². The van der Waals surface area contributed by atoms with Crippen molar-refractivity contribution in [1.82, 2.24) is 0 Å². The van der Waals surface area contributed by atoms with Gasteiger partial charge in [-0.3, -0.25) is 0 Å². The molecule has 1 unspecified atom stereocenters. The molecule has 1 atom stereocenters. The Labute approximate surface area is 139 Å². The second-order valence-electron chi connectivity index (χ2n) is 5.37. The highest BCUT2D eigenvalue weighted by atomic mass is 79.9. The maximum atomic E-state index is 6.04. The van der Waals surface area contributed by atoms with Crippen molar-refractivity contribution in [2.24, 2.45) is 5.73 Å². The molecule has 21 heavy (non-hydrogen) atoms. The highest BCUT2D eigenvalue weighted by Gasteiger charge is 2.15. The van der Waals surface area contributed by atoms with Crippen molar-refractivity contribution < 1.29 is 0 Å². The van der Waals surface area contributed by atoms with Gasteiger partial charge in [-0.05, 0) is 71.6 Å². The first-order valence-corrected chi connectivity index (χ1v) is 8.09. The van der Waals surface area contributed by atoms with E-state index in [1.54, 1.807) is 0 Å². The third-order valence-corrected chi connectivity index (χ3v) is 4.80. The molecule has 2 aromatic rings. The van der Waals surface area contributed by atoms with Crippen LogP contribution in [0, 0.1) is 20.8 Å². The van der Waals surface area contributed by atoms with Crippen LogP contribution in [0.25, 0.3) is 0 Å². The predicted octanol–water partition coefficient (Wildman–Crippen LogP) is 5.14. The summed E-state index contributed by atoms with van der Waals surface area (Å²) in [5.74, 6) is 0. The second-order valence-corrected chi connectivity index (χ2v) is 6.64. The molecule has 0 saturated carbocycles. The van der Waals surface area contributed by atoms with E-state index in [1.807, 2.05) is 18.2 Å². The summed E-state index contributed by atoms with van der Waals surface area (Å²) in [6.45, 7) is 6.92. The van der Waals surface area contributed by atoms with E-state index >= 15 is 0 Å². The fourth-order valence-electron chi connectivity index (χ4n) is 2.78. The Bertz CT molecular complexity index is 632. The normalized spacial score (nSPS) is 12.3. The zero-order chi connectivity index (χ0) is 15.6. The minimum absolute atomic E-state index is 0.0821. The van der Waals surface area contributed by atoms with Gasteiger partial charge in [-0.25, -0.2) is 0 Å². The Hall–Kier alpha value is -1.03. The largest absolute Gasteiger partial charge is 0.377 e. The number of rotatable bonds is 4. The van der Waals surface area contributed by atoms with Crippen LogP contribution in [0.2, 0.25) is 5.02 Å². The van der Waals surface area contributed by atoms with Gasteiger partial charge in [0.1, 0.15) is 0 Å². The summed E-state index contributed by atoms with van der Waals surface area (Å²) in [6.07, 6.45) is 0. The average Bonchev–Trinajstić information content (AvgIpc) is 2.40. The van der Waals surface area contributed by atoms with Gasteiger partial charge in [-0.2, -0.15) is 0 Å². The SMILES string of the molecule is Cc1cc(C)c(C(CN)Nc2ccc(Cl)c(Br)c2)c(C)c1. The molecule has 0 fully saturated rings. The lowest BCUT2D eigenvalue weighted by molar-refractivity contribution is 0.776. The highest BCUT2D eigenvalue weighted by Crippen LogP contribution is 2.30. The van der Waals surface area contributed by atoms with Crippen LogP contribution in [0.5, 0.6) is 0 Å². The van der Waals surface area contributed by atoms with E-state index in [2.05, 4.69) is 54.2 Å². The van der Waals surface area contributed by atoms with Crippen molar-refractivity contribution in [3.8, 4) is 0 Å². The molecule has 112 valence electrons. The summed E-state index contributed by atoms with van der Waals surface area (Å²) in [7, 11) is 0. The maximum Gasteiger partial charge on any atom is 0.0641 e. The minimum Gasteiger partial charge on any atom is -0.377 e. The minimum atomic E-state index is 0.0821. The van der Waals surface area contributed by atoms with Crippen LogP contribution in [0.15, 0.2) is 34.8 Å². The van der Waals surface area contributed by atoms with E-state index in [9.17, 15) is 0 Å². The molecule has 0 radical (unpaired) electrons. The molecular formula is C17H20BrClN2. The quantitative estimate of drug-likeness (QED) is 0.785. The van der Waals surface area contributed by atoms with Gasteiger partial charge in [-0.15, -0.1) is 0 Å². The molecule has 3 N–H and O–H groups in total. The van der Waals surface area contributed by atoms with Crippen LogP contribution in [0.4, 0.5) is 5.69 Å². The van der Waals surface area contributed by atoms with Crippen molar-refractivity contribution >= 4 is 33.2 Å². The first kappa shape index (κ1) is 16.3. The fourth-order valence-corrected chi connectivity index (χ4v) is 3.27. The Morgan fingerprint density at radius 2 is 1.76 bits per heavy atom. The molecular weight excluding hydrogens is 348 g/mol. The van der Waals surface area contributed by atoms with E-state index in [-0.39, 0.29) is 6.04 Å². The molecule has 0 bridgehead atoms. The van der Waals surface area contributed by atoms with Gasteiger partial charge in [0.2, 0.25) is 0 Å². The topological polar surface area (TPSA) is 38.0 Å². The van der Waals surface area contributed by atoms with E-state index in [1.165, 1.54) is 22.3 Å². The van der Waals surface area contributed by atoms with Crippen molar-refractivity contribution in [2.45, 2.75) is 26.8 Å². The summed E-state index contributed by atoms with van der Waals surface area (Å²) in [4.78, 5) is 0. The summed E-state index contributed by atoms with van der Waals surface area (Å²) in [5.41, 5.74) is 12.1. The maximum absolute atomic E-state index is 6.04. The van der Waals surface area contributed by atoms with Crippen LogP contribution in [0.3, 0.4) is 0 Å². The monoisotopic (exact) mass is 366 g/mol. The highest BCUT2D eigenvalue weighted by molar-refractivity contribution is 9.10. The van der Waals surface area contributed by atoms with E-state index in [4.69, 9.17) is 17.3 Å². The lowest BCUT2D eigenvalue weighted by Crippen LogP contribution is -2.22. The van der Waals surface area contributed by atoms with E-state index in [0.29, 0.717) is 11.6 Å². The molecule has 0 spiro atoms. The van der Waals surface area contributed by atoms with Crippen molar-refractivity contribution in [3.63, 3.8) is 0 Å². The van der Waals surface area contributed by atoms with E-state index in [0.717, 1.165) is 10.2 Å². The Balaban J connectivity index is 2.34. The number of nitrogens with two attached hydrogens (primary N) is 1. The summed E-state index contributed by atoms with van der Waals surface area (Å²) >= 11 is 9.49. The lowest BCUT2D eigenvalue weighted by Gasteiger charge is -2.23. The summed E-state index contributed by atoms with van der Waals surface area (Å²) in [6, 6.07) is 10.3. The van der Waals surface area contributed by atoms with Crippen molar-refractivity contribution in [1.29, 1.82) is 0 Å². The molecule has 0 aromatic heterocycles. The van der Waals surface area contributed by atoms with Crippen LogP contribution >= 0.6 is 27.5 Å². The Morgan fingerprint density at radius 3 is 2.29 bits per heavy atom. The lowest BCUT2D eigenvalue weighted by atomic mass is 9.94. The molecule has 2 aromatic carbocycles. The number of halogens is 2. The van der Waals surface area contributed by atoms with Crippen LogP contribution < -0.4 is 11.1 Å². The number of benzene rings is 2. The predicted molar refractivity (Wildman–Crippen MR) is 95.2 cm³/mol. The third kappa shape index (κ3) is 3.79. The number of hydrogen-bond acceptors (Lipinski definition) is 2. The molecule has 2 rings (SSSR count). The van der Waals surface area contributed by atoms with Crippen LogP contribution in [0.1, 0.15) is 28.3 Å². The molecule has 0 aliphatic rings. The van der Waals surface area contributed by atoms with Gasteiger partial charge >= 0.3 is 0 Å². The molecule has 2 nitrogen and oxygen atoms in total. The number of nitrogens with one attached hydrogen (secondary N) is 1. The molecule has 0 aliphatic carbocycles. The standard InChI is InChI=1S/C17H20BrClN2/c1-10-6-11(2)17(12(3)7-10)16(9-20)21-13-4-5-15(19)14(18)8-13/h4-8,16,21H,9,20H2,1-3H3. The molecule has 4 heteroatoms. The average molecular weight is 368 g/mol. The zero-order valence-corrected chi connectivity index (χ0v) is 14.8. The number of anilines is 1. The van der Waals surface area contributed by atoms with Gasteiger partial charge < -0.3 is 11.1 Å². The third-order valence-electron chi connectivity index (χ3n) is 3.58. The Kier molecular flexibility index (Phi) is 5.31. The first-order chi connectivity index (χ1) is 9.92. The van der Waals surface area contributed by atoms with Crippen molar-refractivity contribution in [3.05, 3.63) is 62.1 Å². The molecule has 0 heterocycles. The molecule has 0 amide bonds. The van der Waals surface area contributed by atoms with E-state index < -0.39 is 0 Å². The van der Waals surface area contributed by atoms with Gasteiger partial charge in [0.05, 0.1) is 11.1 Å². The van der Waals surface area contributed by atoms with Crippen molar-refractivity contribution in [2.75, 3.05) is 11.9 Å². The number of hydrogen-bond donors (Lipinski definition) is 2. The first-order valence-electron chi connectivity index (χ1n) is 6.91. The fraction of sp³-hybridized carbons (Fsp3) is 0.294. The summed E-state index contributed by atoms with van der Waals surface area (Å²) < 4.78 is 0.877. The number of aryl methyl sites for hydroxylation is 3. The van der Waals surface area contributed by atoms with Gasteiger partial charge in [-0.1, -0.05) is 29.3 Å². The summed E-state index contributed by atoms with van der Waals surface area (Å²) in [5, 5.41) is 4.20. The smallest absolute Gasteiger partial charge is 0.0641 e. The second kappa shape index (κ2) is 6.82. The zero-order valence-electron chi connectivity index (χ0n) is 12.5. The van der Waals surface area contributed by atoms with Gasteiger partial charge in [0.25, 0.3) is 0 Å². The Morgan fingerprint density at radius 1 is 1.14 bits per heavy atom. The molecule has 0 aliphatic heterocycles. The van der Waals surface area contributed by atoms with Crippen LogP contribution in [-0.4, -0.2) is 6.54 Å². The molecule has 0 saturated heterocycles.